The number of nitrogens with zero attached hydrogens (tertiary/aromatic N) is 2. The van der Waals surface area contributed by atoms with Gasteiger partial charge < -0.3 is 29.6 Å². The molecule has 1 aromatic heterocycles. The van der Waals surface area contributed by atoms with Gasteiger partial charge >= 0.3 is 0 Å². The van der Waals surface area contributed by atoms with Crippen LogP contribution in [0.2, 0.25) is 0 Å². The summed E-state index contributed by atoms with van der Waals surface area (Å²) in [6.45, 7) is 4.96. The minimum absolute atomic E-state index is 0.137. The zero-order chi connectivity index (χ0) is 22.7. The van der Waals surface area contributed by atoms with E-state index in [4.69, 9.17) is 21.7 Å². The van der Waals surface area contributed by atoms with Crippen LogP contribution in [0.4, 0.5) is 5.69 Å². The summed E-state index contributed by atoms with van der Waals surface area (Å²) in [4.78, 5) is 20.0. The normalized spacial score (nSPS) is 12.8. The maximum Gasteiger partial charge on any atom is 0.253 e. The lowest BCUT2D eigenvalue weighted by molar-refractivity contribution is 0.172. The first-order chi connectivity index (χ1) is 15.4. The minimum atomic E-state index is -0.137. The molecule has 0 radical (unpaired) electrons. The molecule has 0 amide bonds. The van der Waals surface area contributed by atoms with Gasteiger partial charge in [-0.2, -0.15) is 0 Å². The van der Waals surface area contributed by atoms with E-state index < -0.39 is 0 Å². The van der Waals surface area contributed by atoms with E-state index in [1.165, 1.54) is 5.56 Å². The molecule has 0 aliphatic carbocycles. The number of aromatic nitrogens is 1. The van der Waals surface area contributed by atoms with Crippen molar-refractivity contribution in [3.63, 3.8) is 0 Å². The summed E-state index contributed by atoms with van der Waals surface area (Å²) >= 11 is 5.71. The van der Waals surface area contributed by atoms with E-state index in [2.05, 4.69) is 15.2 Å². The number of hydrogen-bond donors (Lipinski definition) is 2. The van der Waals surface area contributed by atoms with Crippen molar-refractivity contribution in [3.8, 4) is 11.5 Å². The number of hydrogen-bond acceptors (Lipinski definition) is 5. The third kappa shape index (κ3) is 5.20. The summed E-state index contributed by atoms with van der Waals surface area (Å²) in [5.74, 6) is 1.35. The fourth-order valence-corrected chi connectivity index (χ4v) is 3.80. The number of aromatic amines is 1. The molecule has 0 fully saturated rings. The number of nitrogens with one attached hydrogen (secondary N) is 2. The fraction of sp³-hybridized carbons (Fsp3) is 0.333. The van der Waals surface area contributed by atoms with E-state index in [1.807, 2.05) is 68.4 Å². The molecule has 0 saturated carbocycles. The second kappa shape index (κ2) is 9.58. The van der Waals surface area contributed by atoms with Gasteiger partial charge in [-0.3, -0.25) is 4.79 Å². The first kappa shape index (κ1) is 22.1. The molecule has 0 saturated heterocycles. The van der Waals surface area contributed by atoms with Gasteiger partial charge in [0.1, 0.15) is 13.2 Å². The SMILES string of the molecule is Cc1ccc(NC(=S)N(CCN(C)C)Cc2cc3cc4c(cc3[nH]c2=O)OCCO4)cc1. The van der Waals surface area contributed by atoms with Crippen molar-refractivity contribution in [2.24, 2.45) is 0 Å². The molecule has 4 rings (SSSR count). The molecule has 0 spiro atoms. The number of benzene rings is 2. The van der Waals surface area contributed by atoms with Crippen LogP contribution in [0.25, 0.3) is 10.9 Å². The van der Waals surface area contributed by atoms with Crippen molar-refractivity contribution in [1.29, 1.82) is 0 Å². The highest BCUT2D eigenvalue weighted by atomic mass is 32.1. The third-order valence-electron chi connectivity index (χ3n) is 5.35. The second-order valence-corrected chi connectivity index (χ2v) is 8.61. The van der Waals surface area contributed by atoms with Gasteiger partial charge in [-0.15, -0.1) is 0 Å². The number of ether oxygens (including phenoxy) is 2. The van der Waals surface area contributed by atoms with Gasteiger partial charge in [-0.05, 0) is 57.5 Å². The first-order valence-electron chi connectivity index (χ1n) is 10.6. The molecule has 2 aromatic carbocycles. The Morgan fingerprint density at radius 2 is 1.75 bits per heavy atom. The molecule has 3 aromatic rings. The Morgan fingerprint density at radius 1 is 1.06 bits per heavy atom. The number of anilines is 1. The smallest absolute Gasteiger partial charge is 0.253 e. The molecule has 32 heavy (non-hydrogen) atoms. The zero-order valence-corrected chi connectivity index (χ0v) is 19.4. The van der Waals surface area contributed by atoms with Crippen LogP contribution in [0, 0.1) is 6.92 Å². The topological polar surface area (TPSA) is 69.8 Å². The minimum Gasteiger partial charge on any atom is -0.486 e. The van der Waals surface area contributed by atoms with Gasteiger partial charge in [0.25, 0.3) is 5.56 Å². The molecule has 2 heterocycles. The van der Waals surface area contributed by atoms with Crippen LogP contribution in [0.5, 0.6) is 11.5 Å². The number of likely N-dealkylation sites (N-methyl/N-ethyl adjacent to an activating group) is 1. The van der Waals surface area contributed by atoms with Crippen LogP contribution in [0.15, 0.2) is 47.3 Å². The van der Waals surface area contributed by atoms with Crippen molar-refractivity contribution >= 4 is 33.9 Å². The highest BCUT2D eigenvalue weighted by Gasteiger charge is 2.17. The van der Waals surface area contributed by atoms with Gasteiger partial charge in [-0.1, -0.05) is 17.7 Å². The number of rotatable bonds is 6. The van der Waals surface area contributed by atoms with Crippen LogP contribution in [0.1, 0.15) is 11.1 Å². The van der Waals surface area contributed by atoms with Crippen LogP contribution >= 0.6 is 12.2 Å². The fourth-order valence-electron chi connectivity index (χ4n) is 3.52. The highest BCUT2D eigenvalue weighted by molar-refractivity contribution is 7.80. The average molecular weight is 453 g/mol. The van der Waals surface area contributed by atoms with Crippen molar-refractivity contribution in [3.05, 3.63) is 63.9 Å². The summed E-state index contributed by atoms with van der Waals surface area (Å²) in [6, 6.07) is 13.7. The van der Waals surface area contributed by atoms with Crippen molar-refractivity contribution in [2.75, 3.05) is 45.7 Å². The summed E-state index contributed by atoms with van der Waals surface area (Å²) < 4.78 is 11.3. The van der Waals surface area contributed by atoms with E-state index in [9.17, 15) is 4.79 Å². The summed E-state index contributed by atoms with van der Waals surface area (Å²) in [6.07, 6.45) is 0. The zero-order valence-electron chi connectivity index (χ0n) is 18.6. The summed E-state index contributed by atoms with van der Waals surface area (Å²) in [5.41, 5.74) is 3.34. The van der Waals surface area contributed by atoms with E-state index in [-0.39, 0.29) is 5.56 Å². The number of H-pyrrole nitrogens is 1. The molecule has 1 aliphatic rings. The Balaban J connectivity index is 1.60. The van der Waals surface area contributed by atoms with Gasteiger partial charge in [0.15, 0.2) is 16.6 Å². The Kier molecular flexibility index (Phi) is 6.62. The highest BCUT2D eigenvalue weighted by Crippen LogP contribution is 2.33. The van der Waals surface area contributed by atoms with E-state index in [1.54, 1.807) is 0 Å². The average Bonchev–Trinajstić information content (AvgIpc) is 2.77. The van der Waals surface area contributed by atoms with Crippen LogP contribution in [-0.4, -0.2) is 60.3 Å². The second-order valence-electron chi connectivity index (χ2n) is 8.23. The Bertz CT molecular complexity index is 1170. The van der Waals surface area contributed by atoms with Crippen LogP contribution in [0.3, 0.4) is 0 Å². The van der Waals surface area contributed by atoms with Gasteiger partial charge in [-0.25, -0.2) is 0 Å². The van der Waals surface area contributed by atoms with E-state index in [0.717, 1.165) is 23.1 Å². The quantitative estimate of drug-likeness (QED) is 0.556. The molecule has 2 N–H and O–H groups in total. The van der Waals surface area contributed by atoms with Crippen molar-refractivity contribution < 1.29 is 9.47 Å². The van der Waals surface area contributed by atoms with Gasteiger partial charge in [0.2, 0.25) is 0 Å². The molecule has 7 nitrogen and oxygen atoms in total. The van der Waals surface area contributed by atoms with E-state index in [0.29, 0.717) is 48.5 Å². The lowest BCUT2D eigenvalue weighted by Gasteiger charge is -2.27. The Hall–Kier alpha value is -3.10. The van der Waals surface area contributed by atoms with Gasteiger partial charge in [0.05, 0.1) is 12.1 Å². The molecular weight excluding hydrogens is 424 g/mol. The lowest BCUT2D eigenvalue weighted by Crippen LogP contribution is -2.40. The Morgan fingerprint density at radius 3 is 2.44 bits per heavy atom. The lowest BCUT2D eigenvalue weighted by atomic mass is 10.1. The number of fused-ring (bicyclic) bond motifs is 2. The maximum absolute atomic E-state index is 12.9. The number of aryl methyl sites for hydroxylation is 1. The predicted octanol–water partition coefficient (Wildman–Crippen LogP) is 3.37. The molecule has 0 bridgehead atoms. The molecular formula is C24H28N4O3S. The maximum atomic E-state index is 12.9. The van der Waals surface area contributed by atoms with Crippen molar-refractivity contribution in [2.45, 2.75) is 13.5 Å². The molecule has 1 aliphatic heterocycles. The van der Waals surface area contributed by atoms with Crippen molar-refractivity contribution in [1.82, 2.24) is 14.8 Å². The first-order valence-corrected chi connectivity index (χ1v) is 11.0. The molecule has 0 unspecified atom stereocenters. The summed E-state index contributed by atoms with van der Waals surface area (Å²) in [7, 11) is 4.03. The van der Waals surface area contributed by atoms with E-state index >= 15 is 0 Å². The monoisotopic (exact) mass is 452 g/mol. The molecule has 8 heteroatoms. The molecule has 0 atom stereocenters. The van der Waals surface area contributed by atoms with Crippen LogP contribution < -0.4 is 20.3 Å². The molecule has 168 valence electrons. The largest absolute Gasteiger partial charge is 0.486 e. The Labute approximate surface area is 192 Å². The standard InChI is InChI=1S/C24H28N4O3S/c1-16-4-6-19(7-5-16)25-24(32)28(9-8-27(2)3)15-18-12-17-13-21-22(31-11-10-30-21)14-20(17)26-23(18)29/h4-7,12-14H,8-11,15H2,1-3H3,(H,25,32)(H,26,29). The predicted molar refractivity (Wildman–Crippen MR) is 132 cm³/mol. The number of thiocarbonyl (C=S) groups is 1. The third-order valence-corrected chi connectivity index (χ3v) is 5.71. The number of pyridine rings is 1. The van der Waals surface area contributed by atoms with Gasteiger partial charge in [0, 0.05) is 35.8 Å². The summed E-state index contributed by atoms with van der Waals surface area (Å²) in [5, 5.41) is 4.78. The van der Waals surface area contributed by atoms with Crippen LogP contribution in [-0.2, 0) is 6.54 Å².